The molecule has 0 saturated carbocycles. The minimum atomic E-state index is -0.278. The van der Waals surface area contributed by atoms with Crippen LogP contribution in [0.15, 0.2) is 79.6 Å². The molecule has 1 aliphatic rings. The van der Waals surface area contributed by atoms with Gasteiger partial charge < -0.3 is 25.4 Å². The van der Waals surface area contributed by atoms with Crippen molar-refractivity contribution in [2.45, 2.75) is 6.10 Å². The minimum Gasteiger partial charge on any atom is -0.394 e. The molecule has 3 N–H and O–H groups in total. The zero-order valence-corrected chi connectivity index (χ0v) is 19.6. The van der Waals surface area contributed by atoms with Gasteiger partial charge in [-0.3, -0.25) is 9.78 Å². The average Bonchev–Trinajstić information content (AvgIpc) is 2.93. The number of fused-ring (bicyclic) bond motifs is 1. The van der Waals surface area contributed by atoms with Crippen molar-refractivity contribution in [2.24, 2.45) is 0 Å². The predicted octanol–water partition coefficient (Wildman–Crippen LogP) is 3.76. The summed E-state index contributed by atoms with van der Waals surface area (Å²) in [6.45, 7) is 5.54. The monoisotopic (exact) mass is 482 g/mol. The molecular formula is C27H26N6O3. The van der Waals surface area contributed by atoms with Crippen molar-refractivity contribution in [2.75, 3.05) is 41.8 Å². The van der Waals surface area contributed by atoms with Crippen molar-refractivity contribution in [3.05, 3.63) is 79.6 Å². The van der Waals surface area contributed by atoms with Crippen molar-refractivity contribution in [1.82, 2.24) is 15.0 Å². The van der Waals surface area contributed by atoms with Gasteiger partial charge in [0, 0.05) is 53.5 Å². The summed E-state index contributed by atoms with van der Waals surface area (Å²) in [6.07, 6.45) is 4.54. The first-order valence-corrected chi connectivity index (χ1v) is 11.6. The summed E-state index contributed by atoms with van der Waals surface area (Å²) in [5.41, 5.74) is 4.77. The van der Waals surface area contributed by atoms with Crippen LogP contribution in [0.5, 0.6) is 0 Å². The molecular weight excluding hydrogens is 456 g/mol. The molecule has 0 bridgehead atoms. The van der Waals surface area contributed by atoms with Crippen LogP contribution in [0.2, 0.25) is 0 Å². The zero-order chi connectivity index (χ0) is 24.9. The quantitative estimate of drug-likeness (QED) is 0.342. The molecule has 1 aliphatic heterocycles. The molecule has 1 saturated heterocycles. The van der Waals surface area contributed by atoms with E-state index in [2.05, 4.69) is 32.1 Å². The number of anilines is 4. The van der Waals surface area contributed by atoms with Crippen molar-refractivity contribution in [3.8, 4) is 11.3 Å². The first-order chi connectivity index (χ1) is 17.6. The number of aromatic nitrogens is 3. The lowest BCUT2D eigenvalue weighted by Gasteiger charge is -2.33. The maximum absolute atomic E-state index is 11.7. The molecule has 36 heavy (non-hydrogen) atoms. The molecule has 2 aromatic heterocycles. The Bertz CT molecular complexity index is 1390. The largest absolute Gasteiger partial charge is 0.394 e. The summed E-state index contributed by atoms with van der Waals surface area (Å²) < 4.78 is 5.54. The van der Waals surface area contributed by atoms with E-state index in [0.717, 1.165) is 28.9 Å². The van der Waals surface area contributed by atoms with E-state index in [-0.39, 0.29) is 18.6 Å². The number of benzene rings is 2. The summed E-state index contributed by atoms with van der Waals surface area (Å²) in [6, 6.07) is 17.3. The van der Waals surface area contributed by atoms with Gasteiger partial charge in [-0.05, 0) is 48.5 Å². The molecule has 9 nitrogen and oxygen atoms in total. The fourth-order valence-corrected chi connectivity index (χ4v) is 4.11. The maximum atomic E-state index is 11.7. The van der Waals surface area contributed by atoms with Gasteiger partial charge in [0.2, 0.25) is 11.9 Å². The van der Waals surface area contributed by atoms with E-state index < -0.39 is 0 Å². The molecule has 1 fully saturated rings. The summed E-state index contributed by atoms with van der Waals surface area (Å²) in [5, 5.41) is 16.3. The molecule has 182 valence electrons. The van der Waals surface area contributed by atoms with Crippen LogP contribution in [0.4, 0.5) is 23.0 Å². The highest BCUT2D eigenvalue weighted by molar-refractivity contribution is 5.99. The van der Waals surface area contributed by atoms with Crippen molar-refractivity contribution >= 4 is 39.8 Å². The molecule has 2 aromatic carbocycles. The molecule has 1 amide bonds. The Kier molecular flexibility index (Phi) is 6.83. The van der Waals surface area contributed by atoms with E-state index in [9.17, 15) is 9.90 Å². The molecule has 0 spiro atoms. The average molecular weight is 483 g/mol. The normalized spacial score (nSPS) is 15.5. The first-order valence-electron chi connectivity index (χ1n) is 11.6. The zero-order valence-electron chi connectivity index (χ0n) is 19.6. The number of ether oxygens (including phenoxy) is 1. The molecule has 1 atom stereocenters. The standard InChI is InChI=1S/C27H26N6O3/c1-2-24(35)30-21-5-3-4-18(14-21)25-26-19(10-11-28-25)15-29-27(32-26)31-20-6-8-22(9-7-20)33-12-13-36-23(16-33)17-34/h2-11,14-15,23,34H,1,12-13,16-17H2,(H,30,35)(H,29,31,32)/t23-/m0/s1. The van der Waals surface area contributed by atoms with E-state index in [0.29, 0.717) is 36.0 Å². The molecule has 9 heteroatoms. The fourth-order valence-electron chi connectivity index (χ4n) is 4.11. The maximum Gasteiger partial charge on any atom is 0.247 e. The highest BCUT2D eigenvalue weighted by atomic mass is 16.5. The highest BCUT2D eigenvalue weighted by Gasteiger charge is 2.20. The van der Waals surface area contributed by atoms with E-state index in [1.165, 1.54) is 6.08 Å². The van der Waals surface area contributed by atoms with E-state index in [1.54, 1.807) is 12.4 Å². The third-order valence-electron chi connectivity index (χ3n) is 5.92. The highest BCUT2D eigenvalue weighted by Crippen LogP contribution is 2.28. The van der Waals surface area contributed by atoms with Crippen LogP contribution in [0.3, 0.4) is 0 Å². The lowest BCUT2D eigenvalue weighted by molar-refractivity contribution is -0.111. The number of hydrogen-bond acceptors (Lipinski definition) is 8. The number of carbonyl (C=O) groups is 1. The lowest BCUT2D eigenvalue weighted by atomic mass is 10.1. The SMILES string of the molecule is C=CC(=O)Nc1cccc(-c2nccc3cnc(Nc4ccc(N5CCO[C@H](CO)C5)cc4)nc23)c1. The number of rotatable bonds is 7. The summed E-state index contributed by atoms with van der Waals surface area (Å²) in [7, 11) is 0. The number of nitrogens with zero attached hydrogens (tertiary/aromatic N) is 4. The van der Waals surface area contributed by atoms with Crippen LogP contribution in [-0.4, -0.2) is 58.4 Å². The van der Waals surface area contributed by atoms with Crippen LogP contribution < -0.4 is 15.5 Å². The second-order valence-electron chi connectivity index (χ2n) is 8.36. The molecule has 0 unspecified atom stereocenters. The molecule has 0 radical (unpaired) electrons. The van der Waals surface area contributed by atoms with Crippen LogP contribution in [0.25, 0.3) is 22.2 Å². The summed E-state index contributed by atoms with van der Waals surface area (Å²) in [5.74, 6) is 0.173. The Hall–Kier alpha value is -4.34. The van der Waals surface area contributed by atoms with Crippen molar-refractivity contribution in [3.63, 3.8) is 0 Å². The van der Waals surface area contributed by atoms with Crippen LogP contribution >= 0.6 is 0 Å². The number of amides is 1. The van der Waals surface area contributed by atoms with Gasteiger partial charge in [-0.2, -0.15) is 0 Å². The number of aliphatic hydroxyl groups is 1. The minimum absolute atomic E-state index is 0.0139. The van der Waals surface area contributed by atoms with Gasteiger partial charge in [0.1, 0.15) is 5.52 Å². The summed E-state index contributed by atoms with van der Waals surface area (Å²) in [4.78, 5) is 27.7. The Morgan fingerprint density at radius 3 is 2.83 bits per heavy atom. The molecule has 5 rings (SSSR count). The van der Waals surface area contributed by atoms with E-state index >= 15 is 0 Å². The molecule has 4 aromatic rings. The Morgan fingerprint density at radius 1 is 1.17 bits per heavy atom. The van der Waals surface area contributed by atoms with E-state index in [1.807, 2.05) is 54.6 Å². The van der Waals surface area contributed by atoms with Gasteiger partial charge in [0.05, 0.1) is 25.0 Å². The Labute approximate surface area is 208 Å². The Balaban J connectivity index is 1.38. The number of morpholine rings is 1. The number of carbonyl (C=O) groups excluding carboxylic acids is 1. The molecule has 0 aliphatic carbocycles. The summed E-state index contributed by atoms with van der Waals surface area (Å²) >= 11 is 0. The van der Waals surface area contributed by atoms with Gasteiger partial charge in [-0.1, -0.05) is 18.7 Å². The number of aliphatic hydroxyl groups excluding tert-OH is 1. The van der Waals surface area contributed by atoms with Crippen LogP contribution in [-0.2, 0) is 9.53 Å². The van der Waals surface area contributed by atoms with Crippen molar-refractivity contribution < 1.29 is 14.6 Å². The van der Waals surface area contributed by atoms with Crippen LogP contribution in [0.1, 0.15) is 0 Å². The second-order valence-corrected chi connectivity index (χ2v) is 8.36. The Morgan fingerprint density at radius 2 is 2.03 bits per heavy atom. The number of pyridine rings is 1. The number of hydrogen-bond donors (Lipinski definition) is 3. The van der Waals surface area contributed by atoms with Gasteiger partial charge in [0.15, 0.2) is 0 Å². The third kappa shape index (κ3) is 5.17. The first kappa shape index (κ1) is 23.4. The lowest BCUT2D eigenvalue weighted by Crippen LogP contribution is -2.44. The number of nitrogens with one attached hydrogen (secondary N) is 2. The van der Waals surface area contributed by atoms with Gasteiger partial charge >= 0.3 is 0 Å². The van der Waals surface area contributed by atoms with Gasteiger partial charge in [0.25, 0.3) is 0 Å². The molecule has 3 heterocycles. The fraction of sp³-hybridized carbons (Fsp3) is 0.185. The van der Waals surface area contributed by atoms with E-state index in [4.69, 9.17) is 9.72 Å². The predicted molar refractivity (Wildman–Crippen MR) is 140 cm³/mol. The van der Waals surface area contributed by atoms with Crippen LogP contribution in [0, 0.1) is 0 Å². The van der Waals surface area contributed by atoms with Gasteiger partial charge in [-0.25, -0.2) is 9.97 Å². The second kappa shape index (κ2) is 10.5. The smallest absolute Gasteiger partial charge is 0.247 e. The van der Waals surface area contributed by atoms with Crippen molar-refractivity contribution in [1.29, 1.82) is 0 Å². The third-order valence-corrected chi connectivity index (χ3v) is 5.92. The topological polar surface area (TPSA) is 112 Å². The van der Waals surface area contributed by atoms with Gasteiger partial charge in [-0.15, -0.1) is 0 Å².